The van der Waals surface area contributed by atoms with Crippen molar-refractivity contribution in [2.45, 2.75) is 52.3 Å². The van der Waals surface area contributed by atoms with Crippen molar-refractivity contribution in [2.24, 2.45) is 5.92 Å². The van der Waals surface area contributed by atoms with Gasteiger partial charge in [-0.15, -0.1) is 0 Å². The predicted octanol–water partition coefficient (Wildman–Crippen LogP) is 6.04. The summed E-state index contributed by atoms with van der Waals surface area (Å²) in [5.41, 5.74) is 2.64. The van der Waals surface area contributed by atoms with E-state index in [0.29, 0.717) is 34.9 Å². The van der Waals surface area contributed by atoms with E-state index in [1.165, 1.54) is 12.1 Å². The van der Waals surface area contributed by atoms with Gasteiger partial charge in [-0.1, -0.05) is 12.1 Å². The van der Waals surface area contributed by atoms with Crippen molar-refractivity contribution in [3.8, 4) is 17.0 Å². The van der Waals surface area contributed by atoms with Gasteiger partial charge in [-0.05, 0) is 81.0 Å². The highest BCUT2D eigenvalue weighted by atomic mass is 19.4. The zero-order valence-electron chi connectivity index (χ0n) is 20.8. The summed E-state index contributed by atoms with van der Waals surface area (Å²) < 4.78 is 51.0. The average molecular weight is 515 g/mol. The van der Waals surface area contributed by atoms with Crippen molar-refractivity contribution >= 4 is 11.8 Å². The van der Waals surface area contributed by atoms with Gasteiger partial charge in [0.05, 0.1) is 17.9 Å². The molecule has 1 saturated carbocycles. The first-order chi connectivity index (χ1) is 17.6. The number of ether oxygens (including phenoxy) is 2. The van der Waals surface area contributed by atoms with Crippen LogP contribution in [0, 0.1) is 12.8 Å². The molecule has 3 aromatic rings. The number of halogens is 3. The Balaban J connectivity index is 1.43. The first-order valence-electron chi connectivity index (χ1n) is 12.3. The molecule has 0 atom stereocenters. The summed E-state index contributed by atoms with van der Waals surface area (Å²) >= 11 is 0. The largest absolute Gasteiger partial charge is 0.482 e. The Hall–Kier alpha value is -3.62. The van der Waals surface area contributed by atoms with Crippen LogP contribution in [-0.4, -0.2) is 34.7 Å². The number of hydrogen-bond donors (Lipinski definition) is 0. The van der Waals surface area contributed by atoms with Gasteiger partial charge in [0.15, 0.2) is 12.4 Å². The normalized spacial score (nSPS) is 13.4. The number of aryl methyl sites for hydroxylation is 2. The maximum absolute atomic E-state index is 12.9. The molecular weight excluding hydrogens is 485 g/mol. The standard InChI is InChI=1S/C28H29F3N2O4/c1-3-36-27(35)17-37-26-13-8-21(14-18(26)2)25(34)12-11-23-15-24(32-33(23)16-19-4-5-19)20-6-9-22(10-7-20)28(29,30)31/h6-10,13-15,19H,3-5,11-12,16-17H2,1-2H3. The summed E-state index contributed by atoms with van der Waals surface area (Å²) in [6, 6.07) is 11.9. The lowest BCUT2D eigenvalue weighted by molar-refractivity contribution is -0.145. The summed E-state index contributed by atoms with van der Waals surface area (Å²) in [6.07, 6.45) is -1.43. The predicted molar refractivity (Wildman–Crippen MR) is 131 cm³/mol. The third-order valence-electron chi connectivity index (χ3n) is 6.26. The fraction of sp³-hybridized carbons (Fsp3) is 0.393. The Labute approximate surface area is 213 Å². The lowest BCUT2D eigenvalue weighted by atomic mass is 10.0. The van der Waals surface area contributed by atoms with Crippen LogP contribution in [0.25, 0.3) is 11.3 Å². The molecule has 1 aromatic heterocycles. The molecule has 0 N–H and O–H groups in total. The zero-order valence-corrected chi connectivity index (χ0v) is 20.8. The van der Waals surface area contributed by atoms with Crippen molar-refractivity contribution < 1.29 is 32.2 Å². The van der Waals surface area contributed by atoms with Gasteiger partial charge in [-0.25, -0.2) is 4.79 Å². The second-order valence-corrected chi connectivity index (χ2v) is 9.22. The van der Waals surface area contributed by atoms with E-state index in [1.54, 1.807) is 32.0 Å². The van der Waals surface area contributed by atoms with Crippen LogP contribution in [0.1, 0.15) is 53.4 Å². The Morgan fingerprint density at radius 2 is 1.81 bits per heavy atom. The Kier molecular flexibility index (Phi) is 8.00. The number of esters is 1. The third kappa shape index (κ3) is 6.99. The van der Waals surface area contributed by atoms with Gasteiger partial charge in [-0.3, -0.25) is 9.48 Å². The molecule has 1 aliphatic carbocycles. The van der Waals surface area contributed by atoms with Crippen molar-refractivity contribution in [1.29, 1.82) is 0 Å². The lowest BCUT2D eigenvalue weighted by Gasteiger charge is -2.10. The molecule has 1 fully saturated rings. The molecule has 0 amide bonds. The molecule has 1 heterocycles. The van der Waals surface area contributed by atoms with Crippen LogP contribution >= 0.6 is 0 Å². The monoisotopic (exact) mass is 514 g/mol. The summed E-state index contributed by atoms with van der Waals surface area (Å²) in [6.45, 7) is 4.33. The number of carbonyl (C=O) groups is 2. The smallest absolute Gasteiger partial charge is 0.416 e. The summed E-state index contributed by atoms with van der Waals surface area (Å²) in [7, 11) is 0. The van der Waals surface area contributed by atoms with Crippen molar-refractivity contribution in [2.75, 3.05) is 13.2 Å². The van der Waals surface area contributed by atoms with Crippen LogP contribution in [-0.2, 0) is 28.7 Å². The molecule has 0 bridgehead atoms. The van der Waals surface area contributed by atoms with Crippen LogP contribution in [0.2, 0.25) is 0 Å². The molecule has 6 nitrogen and oxygen atoms in total. The van der Waals surface area contributed by atoms with Crippen molar-refractivity contribution in [3.63, 3.8) is 0 Å². The van der Waals surface area contributed by atoms with E-state index >= 15 is 0 Å². The lowest BCUT2D eigenvalue weighted by Crippen LogP contribution is -2.15. The van der Waals surface area contributed by atoms with Crippen molar-refractivity contribution in [1.82, 2.24) is 9.78 Å². The summed E-state index contributed by atoms with van der Waals surface area (Å²) in [5.74, 6) is 0.545. The van der Waals surface area contributed by atoms with E-state index in [2.05, 4.69) is 5.10 Å². The number of Topliss-reactive ketones (excluding diaryl/α,β-unsaturated/α-hetero) is 1. The van der Waals surface area contributed by atoms with E-state index < -0.39 is 17.7 Å². The molecule has 9 heteroatoms. The SMILES string of the molecule is CCOC(=O)COc1ccc(C(=O)CCc2cc(-c3ccc(C(F)(F)F)cc3)nn2CC2CC2)cc1C. The van der Waals surface area contributed by atoms with Gasteiger partial charge >= 0.3 is 12.1 Å². The van der Waals surface area contributed by atoms with Gasteiger partial charge in [0.1, 0.15) is 5.75 Å². The number of aromatic nitrogens is 2. The highest BCUT2D eigenvalue weighted by Crippen LogP contribution is 2.33. The second kappa shape index (κ2) is 11.2. The van der Waals surface area contributed by atoms with Crippen molar-refractivity contribution in [3.05, 3.63) is 70.9 Å². The highest BCUT2D eigenvalue weighted by molar-refractivity contribution is 5.96. The minimum Gasteiger partial charge on any atom is -0.482 e. The van der Waals surface area contributed by atoms with Gasteiger partial charge < -0.3 is 9.47 Å². The molecule has 0 radical (unpaired) electrons. The van der Waals surface area contributed by atoms with Crippen LogP contribution in [0.4, 0.5) is 13.2 Å². The number of benzene rings is 2. The molecule has 0 unspecified atom stereocenters. The number of ketones is 1. The fourth-order valence-electron chi connectivity index (χ4n) is 4.04. The van der Waals surface area contributed by atoms with Gasteiger partial charge in [-0.2, -0.15) is 18.3 Å². The number of rotatable bonds is 11. The minimum atomic E-state index is -4.39. The highest BCUT2D eigenvalue weighted by Gasteiger charge is 2.30. The quantitative estimate of drug-likeness (QED) is 0.230. The van der Waals surface area contributed by atoms with Crippen LogP contribution < -0.4 is 4.74 Å². The Morgan fingerprint density at radius 1 is 1.08 bits per heavy atom. The topological polar surface area (TPSA) is 70.4 Å². The number of hydrogen-bond acceptors (Lipinski definition) is 5. The minimum absolute atomic E-state index is 0.0460. The van der Waals surface area contributed by atoms with Crippen LogP contribution in [0.3, 0.4) is 0 Å². The Morgan fingerprint density at radius 3 is 2.43 bits per heavy atom. The molecule has 37 heavy (non-hydrogen) atoms. The number of nitrogens with zero attached hydrogens (tertiary/aromatic N) is 2. The first kappa shape index (κ1) is 26.4. The van der Waals surface area contributed by atoms with Crippen LogP contribution in [0.15, 0.2) is 48.5 Å². The van der Waals surface area contributed by atoms with E-state index in [1.807, 2.05) is 10.7 Å². The Bertz CT molecular complexity index is 1260. The molecule has 1 aliphatic rings. The van der Waals surface area contributed by atoms with E-state index in [-0.39, 0.29) is 25.4 Å². The summed E-state index contributed by atoms with van der Waals surface area (Å²) in [4.78, 5) is 24.5. The van der Waals surface area contributed by atoms with Crippen LogP contribution in [0.5, 0.6) is 5.75 Å². The molecule has 0 aliphatic heterocycles. The van der Waals surface area contributed by atoms with Gasteiger partial charge in [0.2, 0.25) is 0 Å². The number of carbonyl (C=O) groups excluding carboxylic acids is 2. The second-order valence-electron chi connectivity index (χ2n) is 9.22. The molecule has 0 saturated heterocycles. The maximum atomic E-state index is 12.9. The third-order valence-corrected chi connectivity index (χ3v) is 6.26. The average Bonchev–Trinajstić information content (AvgIpc) is 3.59. The maximum Gasteiger partial charge on any atom is 0.416 e. The molecule has 4 rings (SSSR count). The first-order valence-corrected chi connectivity index (χ1v) is 12.3. The molecule has 196 valence electrons. The van der Waals surface area contributed by atoms with Gasteiger partial charge in [0, 0.05) is 29.8 Å². The summed E-state index contributed by atoms with van der Waals surface area (Å²) in [5, 5.41) is 4.65. The van der Waals surface area contributed by atoms with E-state index in [0.717, 1.165) is 42.8 Å². The molecule has 0 spiro atoms. The van der Waals surface area contributed by atoms with Gasteiger partial charge in [0.25, 0.3) is 0 Å². The fourth-order valence-corrected chi connectivity index (χ4v) is 4.04. The molecular formula is C28H29F3N2O4. The van der Waals surface area contributed by atoms with E-state index in [4.69, 9.17) is 9.47 Å². The molecule has 2 aromatic carbocycles. The number of alkyl halides is 3. The zero-order chi connectivity index (χ0) is 26.6. The van der Waals surface area contributed by atoms with E-state index in [9.17, 15) is 22.8 Å².